The van der Waals surface area contributed by atoms with Crippen LogP contribution in [0.15, 0.2) is 50.1 Å². The molecule has 1 heterocycles. The van der Waals surface area contributed by atoms with E-state index in [0.717, 1.165) is 21.5 Å². The maximum atomic E-state index is 11.1. The third-order valence-electron chi connectivity index (χ3n) is 3.14. The Morgan fingerprint density at radius 1 is 1.29 bits per heavy atom. The minimum absolute atomic E-state index is 0.448. The van der Waals surface area contributed by atoms with Crippen molar-refractivity contribution in [3.05, 3.63) is 57.0 Å². The summed E-state index contributed by atoms with van der Waals surface area (Å²) in [7, 11) is 1.65. The number of hydrogen-bond donors (Lipinski definition) is 2. The highest BCUT2D eigenvalue weighted by Gasteiger charge is 2.05. The zero-order valence-electron chi connectivity index (χ0n) is 11.3. The van der Waals surface area contributed by atoms with Crippen LogP contribution in [-0.2, 0) is 6.54 Å². The number of H-pyrrole nitrogens is 1. The summed E-state index contributed by atoms with van der Waals surface area (Å²) in [5.74, 6) is 0.374. The van der Waals surface area contributed by atoms with Gasteiger partial charge in [-0.3, -0.25) is 4.98 Å². The van der Waals surface area contributed by atoms with Crippen LogP contribution < -0.4 is 15.8 Å². The van der Waals surface area contributed by atoms with E-state index in [2.05, 4.69) is 26.2 Å². The standard InChI is InChI=1S/C15H13BrN2O3/c1-20-13-4-2-10(16)6-9(13)8-17-11-3-5-14-12(7-11)18-15(19)21-14/h2-7,17H,8H2,1H3,(H,18,19). The van der Waals surface area contributed by atoms with Crippen molar-refractivity contribution in [2.45, 2.75) is 6.54 Å². The molecule has 108 valence electrons. The van der Waals surface area contributed by atoms with Crippen molar-refractivity contribution in [1.29, 1.82) is 0 Å². The number of oxazole rings is 1. The van der Waals surface area contributed by atoms with Crippen molar-refractivity contribution in [3.63, 3.8) is 0 Å². The van der Waals surface area contributed by atoms with Gasteiger partial charge in [-0.25, -0.2) is 4.79 Å². The van der Waals surface area contributed by atoms with Gasteiger partial charge in [0.05, 0.1) is 12.6 Å². The molecule has 0 unspecified atom stereocenters. The second-order valence-electron chi connectivity index (χ2n) is 4.54. The van der Waals surface area contributed by atoms with Crippen LogP contribution in [0.4, 0.5) is 5.69 Å². The van der Waals surface area contributed by atoms with Crippen LogP contribution in [0.2, 0.25) is 0 Å². The van der Waals surface area contributed by atoms with E-state index in [1.54, 1.807) is 13.2 Å². The van der Waals surface area contributed by atoms with E-state index in [1.807, 2.05) is 30.3 Å². The lowest BCUT2D eigenvalue weighted by atomic mass is 10.2. The van der Waals surface area contributed by atoms with Gasteiger partial charge in [-0.1, -0.05) is 15.9 Å². The molecule has 2 aromatic carbocycles. The number of aromatic nitrogens is 1. The Balaban J connectivity index is 1.82. The Bertz CT molecular complexity index is 838. The van der Waals surface area contributed by atoms with Gasteiger partial charge >= 0.3 is 5.76 Å². The Kier molecular flexibility index (Phi) is 3.70. The highest BCUT2D eigenvalue weighted by Crippen LogP contribution is 2.24. The first-order chi connectivity index (χ1) is 10.2. The van der Waals surface area contributed by atoms with Crippen LogP contribution in [-0.4, -0.2) is 12.1 Å². The fraction of sp³-hybridized carbons (Fsp3) is 0.133. The fourth-order valence-electron chi connectivity index (χ4n) is 2.14. The maximum absolute atomic E-state index is 11.1. The highest BCUT2D eigenvalue weighted by atomic mass is 79.9. The third-order valence-corrected chi connectivity index (χ3v) is 3.64. The van der Waals surface area contributed by atoms with Crippen molar-refractivity contribution < 1.29 is 9.15 Å². The van der Waals surface area contributed by atoms with Gasteiger partial charge in [-0.05, 0) is 36.4 Å². The largest absolute Gasteiger partial charge is 0.496 e. The molecule has 0 aliphatic rings. The average Bonchev–Trinajstić information content (AvgIpc) is 2.84. The van der Waals surface area contributed by atoms with Gasteiger partial charge in [0.25, 0.3) is 0 Å². The van der Waals surface area contributed by atoms with Crippen molar-refractivity contribution in [1.82, 2.24) is 4.98 Å². The molecule has 0 fully saturated rings. The first kappa shape index (κ1) is 13.8. The molecule has 3 aromatic rings. The Morgan fingerprint density at radius 2 is 2.14 bits per heavy atom. The number of nitrogens with one attached hydrogen (secondary N) is 2. The molecule has 0 bridgehead atoms. The van der Waals surface area contributed by atoms with Crippen molar-refractivity contribution >= 4 is 32.7 Å². The maximum Gasteiger partial charge on any atom is 0.417 e. The third kappa shape index (κ3) is 2.95. The van der Waals surface area contributed by atoms with Crippen LogP contribution >= 0.6 is 15.9 Å². The minimum Gasteiger partial charge on any atom is -0.496 e. The van der Waals surface area contributed by atoms with Gasteiger partial charge in [0, 0.05) is 22.3 Å². The molecule has 5 nitrogen and oxygen atoms in total. The second kappa shape index (κ2) is 5.65. The average molecular weight is 349 g/mol. The molecule has 0 saturated carbocycles. The van der Waals surface area contributed by atoms with Gasteiger partial charge in [0.15, 0.2) is 5.58 Å². The summed E-state index contributed by atoms with van der Waals surface area (Å²) in [5.41, 5.74) is 3.14. The van der Waals surface area contributed by atoms with Crippen molar-refractivity contribution in [2.75, 3.05) is 12.4 Å². The van der Waals surface area contributed by atoms with E-state index in [1.165, 1.54) is 0 Å². The Hall–Kier alpha value is -2.21. The molecular weight excluding hydrogens is 336 g/mol. The van der Waals surface area contributed by atoms with Gasteiger partial charge in [-0.15, -0.1) is 0 Å². The van der Waals surface area contributed by atoms with E-state index < -0.39 is 5.76 Å². The SMILES string of the molecule is COc1ccc(Br)cc1CNc1ccc2oc(=O)[nH]c2c1. The Morgan fingerprint density at radius 3 is 2.95 bits per heavy atom. The van der Waals surface area contributed by atoms with Gasteiger partial charge in [0.2, 0.25) is 0 Å². The summed E-state index contributed by atoms with van der Waals surface area (Å²) >= 11 is 3.45. The molecule has 21 heavy (non-hydrogen) atoms. The number of hydrogen-bond acceptors (Lipinski definition) is 4. The summed E-state index contributed by atoms with van der Waals surface area (Å²) in [6.07, 6.45) is 0. The molecule has 3 rings (SSSR count). The van der Waals surface area contributed by atoms with Crippen LogP contribution in [0, 0.1) is 0 Å². The molecule has 0 atom stereocenters. The topological polar surface area (TPSA) is 67.3 Å². The number of aromatic amines is 1. The number of anilines is 1. The van der Waals surface area contributed by atoms with Gasteiger partial charge < -0.3 is 14.5 Å². The van der Waals surface area contributed by atoms with E-state index >= 15 is 0 Å². The molecule has 0 saturated heterocycles. The first-order valence-corrected chi connectivity index (χ1v) is 7.14. The Labute approximate surface area is 129 Å². The quantitative estimate of drug-likeness (QED) is 0.757. The van der Waals surface area contributed by atoms with Crippen molar-refractivity contribution in [3.8, 4) is 5.75 Å². The summed E-state index contributed by atoms with van der Waals surface area (Å²) < 4.78 is 11.3. The molecule has 0 spiro atoms. The summed E-state index contributed by atoms with van der Waals surface area (Å²) in [6, 6.07) is 11.3. The smallest absolute Gasteiger partial charge is 0.417 e. The number of fused-ring (bicyclic) bond motifs is 1. The number of methoxy groups -OCH3 is 1. The van der Waals surface area contributed by atoms with Crippen LogP contribution in [0.1, 0.15) is 5.56 Å². The lowest BCUT2D eigenvalue weighted by molar-refractivity contribution is 0.410. The molecular formula is C15H13BrN2O3. The lowest BCUT2D eigenvalue weighted by Crippen LogP contribution is -2.01. The number of benzene rings is 2. The molecule has 0 amide bonds. The zero-order valence-corrected chi connectivity index (χ0v) is 12.9. The minimum atomic E-state index is -0.448. The molecule has 6 heteroatoms. The summed E-state index contributed by atoms with van der Waals surface area (Å²) in [6.45, 7) is 0.607. The van der Waals surface area contributed by atoms with Crippen LogP contribution in [0.3, 0.4) is 0 Å². The van der Waals surface area contributed by atoms with Crippen LogP contribution in [0.25, 0.3) is 11.1 Å². The first-order valence-electron chi connectivity index (χ1n) is 6.35. The molecule has 2 N–H and O–H groups in total. The number of halogens is 1. The predicted molar refractivity (Wildman–Crippen MR) is 84.9 cm³/mol. The molecule has 1 aromatic heterocycles. The summed E-state index contributed by atoms with van der Waals surface area (Å²) in [4.78, 5) is 13.8. The van der Waals surface area contributed by atoms with Crippen LogP contribution in [0.5, 0.6) is 5.75 Å². The molecule has 0 radical (unpaired) electrons. The van der Waals surface area contributed by atoms with E-state index in [-0.39, 0.29) is 0 Å². The second-order valence-corrected chi connectivity index (χ2v) is 5.45. The fourth-order valence-corrected chi connectivity index (χ4v) is 2.55. The van der Waals surface area contributed by atoms with Gasteiger partial charge in [0.1, 0.15) is 5.75 Å². The van der Waals surface area contributed by atoms with Crippen molar-refractivity contribution in [2.24, 2.45) is 0 Å². The molecule has 0 aliphatic carbocycles. The lowest BCUT2D eigenvalue weighted by Gasteiger charge is -2.11. The highest BCUT2D eigenvalue weighted by molar-refractivity contribution is 9.10. The van der Waals surface area contributed by atoms with E-state index in [4.69, 9.17) is 9.15 Å². The number of ether oxygens (including phenoxy) is 1. The zero-order chi connectivity index (χ0) is 14.8. The van der Waals surface area contributed by atoms with E-state index in [0.29, 0.717) is 17.6 Å². The number of rotatable bonds is 4. The molecule has 0 aliphatic heterocycles. The summed E-state index contributed by atoms with van der Waals surface area (Å²) in [5, 5.41) is 3.30. The normalized spacial score (nSPS) is 10.8. The van der Waals surface area contributed by atoms with Gasteiger partial charge in [-0.2, -0.15) is 0 Å². The monoisotopic (exact) mass is 348 g/mol. The predicted octanol–water partition coefficient (Wildman–Crippen LogP) is 3.50. The van der Waals surface area contributed by atoms with E-state index in [9.17, 15) is 4.79 Å².